The Morgan fingerprint density at radius 1 is 1.29 bits per heavy atom. The number of benzene rings is 1. The second kappa shape index (κ2) is 4.47. The summed E-state index contributed by atoms with van der Waals surface area (Å²) in [6.07, 6.45) is 1.33. The third kappa shape index (κ3) is 3.04. The molecule has 0 aliphatic carbocycles. The van der Waals surface area contributed by atoms with Crippen molar-refractivity contribution in [3.8, 4) is 0 Å². The maximum atomic E-state index is 11.2. The van der Waals surface area contributed by atoms with Gasteiger partial charge in [0, 0.05) is 17.0 Å². The van der Waals surface area contributed by atoms with E-state index in [2.05, 4.69) is 4.18 Å². The van der Waals surface area contributed by atoms with Gasteiger partial charge in [-0.1, -0.05) is 18.2 Å². The molecule has 0 spiro atoms. The Kier molecular flexibility index (Phi) is 3.54. The average molecular weight is 232 g/mol. The summed E-state index contributed by atoms with van der Waals surface area (Å²) in [6.45, 7) is 0. The molecular formula is C8H8O4S2. The van der Waals surface area contributed by atoms with Crippen LogP contribution in [0.2, 0.25) is 0 Å². The minimum Gasteiger partial charge on any atom is -0.333 e. The second-order valence-electron chi connectivity index (χ2n) is 2.31. The van der Waals surface area contributed by atoms with Gasteiger partial charge < -0.3 is 4.18 Å². The van der Waals surface area contributed by atoms with Crippen LogP contribution in [0.3, 0.4) is 0 Å². The topological polar surface area (TPSA) is 60.4 Å². The van der Waals surface area contributed by atoms with Crippen molar-refractivity contribution in [3.63, 3.8) is 0 Å². The van der Waals surface area contributed by atoms with Gasteiger partial charge in [0.25, 0.3) is 0 Å². The molecule has 4 nitrogen and oxygen atoms in total. The standard InChI is InChI=1S/C8H8O4S2/c1-13-14(10,11)12-8(9)7-5-3-2-4-6-7/h2-6H,1H3. The van der Waals surface area contributed by atoms with E-state index < -0.39 is 15.1 Å². The van der Waals surface area contributed by atoms with Crippen molar-refractivity contribution < 1.29 is 17.4 Å². The Hall–Kier alpha value is -1.01. The van der Waals surface area contributed by atoms with Crippen molar-refractivity contribution in [1.29, 1.82) is 0 Å². The van der Waals surface area contributed by atoms with Crippen LogP contribution in [0.15, 0.2) is 30.3 Å². The van der Waals surface area contributed by atoms with Crippen molar-refractivity contribution in [2.45, 2.75) is 0 Å². The van der Waals surface area contributed by atoms with Crippen molar-refractivity contribution in [2.24, 2.45) is 0 Å². The lowest BCUT2D eigenvalue weighted by molar-refractivity contribution is 0.0752. The molecule has 0 aliphatic heterocycles. The van der Waals surface area contributed by atoms with E-state index in [-0.39, 0.29) is 5.56 Å². The quantitative estimate of drug-likeness (QED) is 0.738. The van der Waals surface area contributed by atoms with Gasteiger partial charge in [-0.15, -0.1) is 0 Å². The smallest absolute Gasteiger partial charge is 0.333 e. The number of hydrogen-bond acceptors (Lipinski definition) is 5. The fourth-order valence-electron chi connectivity index (χ4n) is 0.749. The largest absolute Gasteiger partial charge is 0.368 e. The molecule has 0 saturated carbocycles. The number of rotatable bonds is 3. The molecule has 14 heavy (non-hydrogen) atoms. The molecule has 0 N–H and O–H groups in total. The molecule has 0 fully saturated rings. The zero-order valence-electron chi connectivity index (χ0n) is 7.34. The van der Waals surface area contributed by atoms with Crippen LogP contribution in [0.25, 0.3) is 0 Å². The fraction of sp³-hybridized carbons (Fsp3) is 0.125. The van der Waals surface area contributed by atoms with Crippen LogP contribution < -0.4 is 0 Å². The lowest BCUT2D eigenvalue weighted by atomic mass is 10.2. The van der Waals surface area contributed by atoms with Crippen molar-refractivity contribution >= 4 is 25.9 Å². The molecule has 1 aromatic carbocycles. The van der Waals surface area contributed by atoms with Crippen LogP contribution in [-0.4, -0.2) is 20.6 Å². The Labute approximate surface area is 85.8 Å². The van der Waals surface area contributed by atoms with Crippen LogP contribution in [0.5, 0.6) is 0 Å². The van der Waals surface area contributed by atoms with E-state index in [0.717, 1.165) is 0 Å². The molecule has 1 rings (SSSR count). The van der Waals surface area contributed by atoms with E-state index in [4.69, 9.17) is 0 Å². The molecule has 0 radical (unpaired) electrons. The first kappa shape index (κ1) is 11.1. The van der Waals surface area contributed by atoms with Gasteiger partial charge in [0.2, 0.25) is 0 Å². The summed E-state index contributed by atoms with van der Waals surface area (Å²) in [6, 6.07) is 7.95. The Bertz CT molecular complexity index is 410. The second-order valence-corrected chi connectivity index (χ2v) is 5.85. The predicted octanol–water partition coefficient (Wildman–Crippen LogP) is 1.45. The molecule has 0 aromatic heterocycles. The van der Waals surface area contributed by atoms with Gasteiger partial charge >= 0.3 is 15.1 Å². The maximum absolute atomic E-state index is 11.2. The van der Waals surface area contributed by atoms with E-state index in [0.29, 0.717) is 10.8 Å². The van der Waals surface area contributed by atoms with Crippen molar-refractivity contribution in [3.05, 3.63) is 35.9 Å². The fourth-order valence-corrected chi connectivity index (χ4v) is 1.49. The van der Waals surface area contributed by atoms with Gasteiger partial charge in [-0.3, -0.25) is 0 Å². The summed E-state index contributed by atoms with van der Waals surface area (Å²) >= 11 is 0. The van der Waals surface area contributed by atoms with E-state index in [1.54, 1.807) is 18.2 Å². The number of carbonyl (C=O) groups excluding carboxylic acids is 1. The molecule has 0 saturated heterocycles. The zero-order chi connectivity index (χ0) is 10.6. The minimum atomic E-state index is -3.80. The normalized spacial score (nSPS) is 10.9. The van der Waals surface area contributed by atoms with Crippen LogP contribution >= 0.6 is 10.8 Å². The third-order valence-electron chi connectivity index (χ3n) is 1.39. The van der Waals surface area contributed by atoms with Crippen molar-refractivity contribution in [1.82, 2.24) is 0 Å². The molecule has 0 unspecified atom stereocenters. The molecule has 1 aromatic rings. The summed E-state index contributed by atoms with van der Waals surface area (Å²) in [7, 11) is -3.32. The van der Waals surface area contributed by atoms with E-state index in [9.17, 15) is 13.2 Å². The molecule has 0 heterocycles. The molecule has 0 aliphatic rings. The Balaban J connectivity index is 2.79. The molecule has 0 bridgehead atoms. The zero-order valence-corrected chi connectivity index (χ0v) is 8.97. The summed E-state index contributed by atoms with van der Waals surface area (Å²) in [5, 5.41) is 0. The number of hydrogen-bond donors (Lipinski definition) is 0. The van der Waals surface area contributed by atoms with Gasteiger partial charge in [-0.25, -0.2) is 4.79 Å². The van der Waals surface area contributed by atoms with Crippen molar-refractivity contribution in [2.75, 3.05) is 6.26 Å². The van der Waals surface area contributed by atoms with E-state index >= 15 is 0 Å². The first-order valence-electron chi connectivity index (χ1n) is 3.64. The van der Waals surface area contributed by atoms with Crippen LogP contribution in [-0.2, 0) is 13.3 Å². The van der Waals surface area contributed by atoms with Crippen LogP contribution in [0.4, 0.5) is 0 Å². The molecule has 0 atom stereocenters. The highest BCUT2D eigenvalue weighted by molar-refractivity contribution is 8.70. The molecule has 76 valence electrons. The van der Waals surface area contributed by atoms with Gasteiger partial charge in [-0.05, 0) is 12.1 Å². The van der Waals surface area contributed by atoms with Gasteiger partial charge in [0.15, 0.2) is 0 Å². The lowest BCUT2D eigenvalue weighted by Crippen LogP contribution is -2.09. The highest BCUT2D eigenvalue weighted by Crippen LogP contribution is 2.12. The Morgan fingerprint density at radius 2 is 1.86 bits per heavy atom. The monoisotopic (exact) mass is 232 g/mol. The first-order valence-corrected chi connectivity index (χ1v) is 6.79. The van der Waals surface area contributed by atoms with Gasteiger partial charge in [-0.2, -0.15) is 8.42 Å². The highest BCUT2D eigenvalue weighted by atomic mass is 33.1. The molecule has 6 heteroatoms. The SMILES string of the molecule is CSS(=O)(=O)OC(=O)c1ccccc1. The highest BCUT2D eigenvalue weighted by Gasteiger charge is 2.16. The first-order chi connectivity index (χ1) is 6.55. The Morgan fingerprint density at radius 3 is 2.36 bits per heavy atom. The van der Waals surface area contributed by atoms with Gasteiger partial charge in [0.05, 0.1) is 5.56 Å². The predicted molar refractivity (Wildman–Crippen MR) is 54.3 cm³/mol. The summed E-state index contributed by atoms with van der Waals surface area (Å²) in [5.74, 6) is -0.861. The number of carbonyl (C=O) groups is 1. The van der Waals surface area contributed by atoms with Crippen LogP contribution in [0, 0.1) is 0 Å². The van der Waals surface area contributed by atoms with Crippen LogP contribution in [0.1, 0.15) is 10.4 Å². The molecular weight excluding hydrogens is 224 g/mol. The van der Waals surface area contributed by atoms with E-state index in [1.807, 2.05) is 0 Å². The lowest BCUT2D eigenvalue weighted by Gasteiger charge is -2.01. The molecule has 0 amide bonds. The minimum absolute atomic E-state index is 0.213. The average Bonchev–Trinajstić information content (AvgIpc) is 2.19. The third-order valence-corrected chi connectivity index (χ3v) is 3.58. The summed E-state index contributed by atoms with van der Waals surface area (Å²) in [5.41, 5.74) is 0.213. The van der Waals surface area contributed by atoms with E-state index in [1.165, 1.54) is 18.4 Å². The maximum Gasteiger partial charge on any atom is 0.368 e. The van der Waals surface area contributed by atoms with Gasteiger partial charge in [0.1, 0.15) is 0 Å². The summed E-state index contributed by atoms with van der Waals surface area (Å²) in [4.78, 5) is 11.2. The summed E-state index contributed by atoms with van der Waals surface area (Å²) < 4.78 is 26.1.